The van der Waals surface area contributed by atoms with Gasteiger partial charge in [0.05, 0.1) is 34.0 Å². The molecule has 0 aliphatic carbocycles. The number of hydrogen-bond donors (Lipinski definition) is 0. The number of rotatable bonds is 10. The molecule has 0 atom stereocenters. The van der Waals surface area contributed by atoms with Crippen molar-refractivity contribution in [3.63, 3.8) is 0 Å². The first kappa shape index (κ1) is 54.3. The molecule has 0 radical (unpaired) electrons. The number of nitrogens with zero attached hydrogens (tertiary/aromatic N) is 6. The van der Waals surface area contributed by atoms with E-state index in [2.05, 4.69) is 267 Å². The van der Waals surface area contributed by atoms with E-state index >= 15 is 0 Å². The lowest BCUT2D eigenvalue weighted by Crippen LogP contribution is -1.99. The third-order valence-electron chi connectivity index (χ3n) is 18.5. The lowest BCUT2D eigenvalue weighted by atomic mass is 9.88. The fourth-order valence-electron chi connectivity index (χ4n) is 13.9. The topological polar surface area (TPSA) is 77.3 Å². The van der Waals surface area contributed by atoms with Gasteiger partial charge in [0.1, 0.15) is 0 Å². The SMILES string of the molecule is c1ccc(-c2cc(-c3ccc(-c4nc(-c5ccc(-c6cc(-c7ccccc7)nc(-c7ccccc7)n6)cc5)c5cc(-c6ccc7c8ccccc8c8ccccc8c7c6)cc(-c6ccc7c8ccccc8c8ccccc8c7c6)c5n4)cc3)nc(-c3ccccc3)n2)cc1. The normalized spacial score (nSPS) is 11.6. The van der Waals surface area contributed by atoms with E-state index in [0.717, 1.165) is 106 Å². The highest BCUT2D eigenvalue weighted by Crippen LogP contribution is 2.45. The van der Waals surface area contributed by atoms with E-state index in [9.17, 15) is 0 Å². The summed E-state index contributed by atoms with van der Waals surface area (Å²) < 4.78 is 0. The predicted molar refractivity (Wildman–Crippen MR) is 390 cm³/mol. The maximum atomic E-state index is 5.76. The molecule has 436 valence electrons. The third-order valence-corrected chi connectivity index (χ3v) is 18.5. The highest BCUT2D eigenvalue weighted by molar-refractivity contribution is 6.27. The molecule has 0 unspecified atom stereocenters. The van der Waals surface area contributed by atoms with Crippen LogP contribution >= 0.6 is 0 Å². The van der Waals surface area contributed by atoms with E-state index in [-0.39, 0.29) is 0 Å². The Morgan fingerprint density at radius 3 is 0.840 bits per heavy atom. The van der Waals surface area contributed by atoms with E-state index in [4.69, 9.17) is 29.9 Å². The molecule has 6 nitrogen and oxygen atoms in total. The molecule has 0 spiro atoms. The first-order valence-electron chi connectivity index (χ1n) is 31.8. The van der Waals surface area contributed by atoms with Crippen LogP contribution in [0.1, 0.15) is 0 Å². The summed E-state index contributed by atoms with van der Waals surface area (Å²) in [7, 11) is 0. The minimum absolute atomic E-state index is 0.599. The van der Waals surface area contributed by atoms with Gasteiger partial charge in [-0.05, 0) is 118 Å². The van der Waals surface area contributed by atoms with Crippen molar-refractivity contribution in [2.75, 3.05) is 0 Å². The van der Waals surface area contributed by atoms with E-state index in [1.165, 1.54) is 64.6 Å². The second-order valence-corrected chi connectivity index (χ2v) is 24.1. The van der Waals surface area contributed by atoms with Crippen molar-refractivity contribution in [3.8, 4) is 113 Å². The van der Waals surface area contributed by atoms with Gasteiger partial charge in [0.15, 0.2) is 17.5 Å². The molecule has 0 fully saturated rings. The molecule has 0 N–H and O–H groups in total. The van der Waals surface area contributed by atoms with Gasteiger partial charge in [-0.3, -0.25) is 0 Å². The summed E-state index contributed by atoms with van der Waals surface area (Å²) in [6.45, 7) is 0. The lowest BCUT2D eigenvalue weighted by molar-refractivity contribution is 1.18. The van der Waals surface area contributed by atoms with Gasteiger partial charge in [0.25, 0.3) is 0 Å². The fourth-order valence-corrected chi connectivity index (χ4v) is 13.9. The Morgan fingerprint density at radius 1 is 0.149 bits per heavy atom. The zero-order valence-corrected chi connectivity index (χ0v) is 50.9. The highest BCUT2D eigenvalue weighted by Gasteiger charge is 2.22. The average Bonchev–Trinajstić information content (AvgIpc) is 0.745. The van der Waals surface area contributed by atoms with Gasteiger partial charge in [-0.2, -0.15) is 0 Å². The molecule has 3 heterocycles. The molecule has 18 rings (SSSR count). The molecular formula is C88H54N6. The van der Waals surface area contributed by atoms with Crippen LogP contribution in [-0.2, 0) is 0 Å². The maximum absolute atomic E-state index is 5.76. The number of fused-ring (bicyclic) bond motifs is 13. The van der Waals surface area contributed by atoms with Crippen LogP contribution in [0.3, 0.4) is 0 Å². The van der Waals surface area contributed by atoms with Crippen LogP contribution in [-0.4, -0.2) is 29.9 Å². The molecule has 15 aromatic carbocycles. The van der Waals surface area contributed by atoms with Gasteiger partial charge in [-0.15, -0.1) is 0 Å². The van der Waals surface area contributed by atoms with Gasteiger partial charge < -0.3 is 0 Å². The van der Waals surface area contributed by atoms with E-state index in [1.807, 2.05) is 60.7 Å². The van der Waals surface area contributed by atoms with Crippen molar-refractivity contribution in [2.45, 2.75) is 0 Å². The van der Waals surface area contributed by atoms with Crippen LogP contribution in [0.2, 0.25) is 0 Å². The molecule has 0 aliphatic rings. The molecule has 18 aromatic rings. The molecule has 6 heteroatoms. The van der Waals surface area contributed by atoms with E-state index < -0.39 is 0 Å². The first-order chi connectivity index (χ1) is 46.6. The summed E-state index contributed by atoms with van der Waals surface area (Å²) in [5.74, 6) is 1.92. The summed E-state index contributed by atoms with van der Waals surface area (Å²) in [6, 6.07) is 116. The first-order valence-corrected chi connectivity index (χ1v) is 31.8. The third kappa shape index (κ3) is 9.59. The molecule has 0 saturated heterocycles. The Labute approximate surface area is 542 Å². The summed E-state index contributed by atoms with van der Waals surface area (Å²) in [4.78, 5) is 32.1. The van der Waals surface area contributed by atoms with Crippen molar-refractivity contribution in [1.82, 2.24) is 29.9 Å². The summed E-state index contributed by atoms with van der Waals surface area (Å²) in [5.41, 5.74) is 16.8. The van der Waals surface area contributed by atoms with Crippen LogP contribution in [0.4, 0.5) is 0 Å². The standard InChI is InChI=1S/C88H54N6/c1-5-21-55(22-6-1)80-53-82(91-86(89-80)60-25-9-3-10-26-60)57-37-41-59(42-38-57)84-79-52-65(63-45-47-74-70-33-15-13-29-66(70)68-31-17-19-35-72(68)77(74)49-63)51-76(64-46-48-75-71-34-16-14-30-67(71)69-32-18-20-36-73(69)78(75)50-64)85(79)94-88(93-84)62-43-39-58(40-44-62)83-54-81(56-23-7-2-8-24-56)90-87(92-83)61-27-11-4-12-28-61/h1-54H. The minimum atomic E-state index is 0.599. The fraction of sp³-hybridized carbons (Fsp3) is 0. The Balaban J connectivity index is 0.871. The zero-order valence-electron chi connectivity index (χ0n) is 50.9. The second-order valence-electron chi connectivity index (χ2n) is 24.1. The molecular weight excluding hydrogens is 1140 g/mol. The van der Waals surface area contributed by atoms with Crippen LogP contribution in [0.15, 0.2) is 328 Å². The van der Waals surface area contributed by atoms with Crippen molar-refractivity contribution >= 4 is 75.5 Å². The van der Waals surface area contributed by atoms with Gasteiger partial charge in [-0.25, -0.2) is 29.9 Å². The van der Waals surface area contributed by atoms with Crippen LogP contribution in [0.5, 0.6) is 0 Å². The summed E-state index contributed by atoms with van der Waals surface area (Å²) >= 11 is 0. The smallest absolute Gasteiger partial charge is 0.160 e. The van der Waals surface area contributed by atoms with Gasteiger partial charge in [0.2, 0.25) is 0 Å². The van der Waals surface area contributed by atoms with Crippen molar-refractivity contribution < 1.29 is 0 Å². The van der Waals surface area contributed by atoms with Crippen LogP contribution < -0.4 is 0 Å². The van der Waals surface area contributed by atoms with Crippen molar-refractivity contribution in [2.24, 2.45) is 0 Å². The Kier molecular flexibility index (Phi) is 13.1. The molecule has 94 heavy (non-hydrogen) atoms. The van der Waals surface area contributed by atoms with Crippen molar-refractivity contribution in [1.29, 1.82) is 0 Å². The number of hydrogen-bond acceptors (Lipinski definition) is 6. The number of benzene rings is 15. The predicted octanol–water partition coefficient (Wildman–Crippen LogP) is 22.8. The molecule has 0 saturated carbocycles. The minimum Gasteiger partial charge on any atom is -0.228 e. The lowest BCUT2D eigenvalue weighted by Gasteiger charge is -2.17. The molecule has 3 aromatic heterocycles. The van der Waals surface area contributed by atoms with Gasteiger partial charge in [-0.1, -0.05) is 291 Å². The van der Waals surface area contributed by atoms with Crippen LogP contribution in [0, 0.1) is 0 Å². The molecule has 0 amide bonds. The summed E-state index contributed by atoms with van der Waals surface area (Å²) in [5, 5.41) is 15.6. The Morgan fingerprint density at radius 2 is 0.426 bits per heavy atom. The monoisotopic (exact) mass is 1190 g/mol. The average molecular weight is 1200 g/mol. The van der Waals surface area contributed by atoms with E-state index in [1.54, 1.807) is 0 Å². The largest absolute Gasteiger partial charge is 0.228 e. The number of aromatic nitrogens is 6. The van der Waals surface area contributed by atoms with E-state index in [0.29, 0.717) is 17.5 Å². The van der Waals surface area contributed by atoms with Gasteiger partial charge >= 0.3 is 0 Å². The molecule has 0 aliphatic heterocycles. The highest BCUT2D eigenvalue weighted by atomic mass is 14.9. The van der Waals surface area contributed by atoms with Crippen LogP contribution in [0.25, 0.3) is 188 Å². The zero-order chi connectivity index (χ0) is 62.1. The molecule has 0 bridgehead atoms. The van der Waals surface area contributed by atoms with Crippen molar-refractivity contribution in [3.05, 3.63) is 328 Å². The maximum Gasteiger partial charge on any atom is 0.160 e. The second kappa shape index (κ2) is 22.7. The van der Waals surface area contributed by atoms with Gasteiger partial charge in [0, 0.05) is 55.5 Å². The Hall–Kier alpha value is -12.6. The quantitative estimate of drug-likeness (QED) is 0.127. The summed E-state index contributed by atoms with van der Waals surface area (Å²) in [6.07, 6.45) is 0. The Bertz CT molecular complexity index is 5810.